The minimum atomic E-state index is 1.22. The molecule has 0 amide bonds. The molecule has 0 atom stereocenters. The molecule has 0 aliphatic rings. The largest absolute Gasteiger partial charge is 0.328 e. The van der Waals surface area contributed by atoms with Gasteiger partial charge in [-0.2, -0.15) is 0 Å². The number of unbranched alkanes of at least 4 members (excludes halogenated alkanes) is 16. The Labute approximate surface area is 199 Å². The van der Waals surface area contributed by atoms with Crippen LogP contribution in [0.4, 0.5) is 0 Å². The quantitative estimate of drug-likeness (QED) is 0.104. The second-order valence-electron chi connectivity index (χ2n) is 11.8. The Balaban J connectivity index is 3.63. The summed E-state index contributed by atoms with van der Waals surface area (Å²) in [7, 11) is 9.80. The Morgan fingerprint density at radius 1 is 0.290 bits per heavy atom. The number of hydrogen-bond acceptors (Lipinski definition) is 0. The van der Waals surface area contributed by atoms with Gasteiger partial charge in [0, 0.05) is 6.42 Å². The van der Waals surface area contributed by atoms with Gasteiger partial charge in [-0.3, -0.25) is 0 Å². The Hall–Kier alpha value is -0.0800. The minimum absolute atomic E-state index is 1.22. The van der Waals surface area contributed by atoms with Crippen molar-refractivity contribution in [1.29, 1.82) is 0 Å². The zero-order valence-electron chi connectivity index (χ0n) is 23.2. The Bertz CT molecular complexity index is 328. The van der Waals surface area contributed by atoms with Gasteiger partial charge in [-0.1, -0.05) is 104 Å². The van der Waals surface area contributed by atoms with Crippen LogP contribution in [0.2, 0.25) is 0 Å². The molecule has 0 aromatic rings. The lowest BCUT2D eigenvalue weighted by atomic mass is 10.1. The zero-order chi connectivity index (χ0) is 23.3. The summed E-state index contributed by atoms with van der Waals surface area (Å²) in [6, 6.07) is 0. The predicted octanol–water partition coefficient (Wildman–Crippen LogP) is 8.59. The normalized spacial score (nSPS) is 12.6. The second kappa shape index (κ2) is 20.5. The molecule has 31 heavy (non-hydrogen) atoms. The van der Waals surface area contributed by atoms with Gasteiger partial charge in [0.2, 0.25) is 0 Å². The van der Waals surface area contributed by atoms with Crippen molar-refractivity contribution in [3.05, 3.63) is 0 Å². The van der Waals surface area contributed by atoms with E-state index in [1.165, 1.54) is 157 Å². The molecule has 0 aliphatic carbocycles. The first-order chi connectivity index (χ1) is 14.8. The number of rotatable bonds is 24. The van der Waals surface area contributed by atoms with E-state index in [9.17, 15) is 0 Å². The third-order valence-corrected chi connectivity index (χ3v) is 7.26. The van der Waals surface area contributed by atoms with E-state index in [1.807, 2.05) is 0 Å². The van der Waals surface area contributed by atoms with Crippen LogP contribution in [-0.2, 0) is 0 Å². The van der Waals surface area contributed by atoms with Crippen molar-refractivity contribution in [2.45, 2.75) is 136 Å². The molecule has 0 saturated heterocycles. The monoisotopic (exact) mass is 441 g/mol. The lowest BCUT2D eigenvalue weighted by molar-refractivity contribution is -0.909. The average Bonchev–Trinajstić information content (AvgIpc) is 2.71. The fourth-order valence-corrected chi connectivity index (χ4v) is 4.85. The van der Waals surface area contributed by atoms with Crippen molar-refractivity contribution in [2.24, 2.45) is 0 Å². The molecule has 2 nitrogen and oxygen atoms in total. The highest BCUT2D eigenvalue weighted by atomic mass is 15.3. The van der Waals surface area contributed by atoms with Crippen molar-refractivity contribution >= 4 is 0 Å². The Morgan fingerprint density at radius 2 is 0.516 bits per heavy atom. The summed E-state index contributed by atoms with van der Waals surface area (Å²) >= 11 is 0. The SMILES string of the molecule is CCCCCCCCCCC[N+](C)(C)CCC[N+](C)(C)CCCCCCCCCCC. The van der Waals surface area contributed by atoms with Crippen LogP contribution in [0.1, 0.15) is 136 Å². The summed E-state index contributed by atoms with van der Waals surface area (Å²) in [4.78, 5) is 0. The highest BCUT2D eigenvalue weighted by molar-refractivity contribution is 4.49. The van der Waals surface area contributed by atoms with Crippen LogP contribution < -0.4 is 0 Å². The van der Waals surface area contributed by atoms with Gasteiger partial charge in [0.25, 0.3) is 0 Å². The molecule has 0 spiro atoms. The molecule has 0 bridgehead atoms. The van der Waals surface area contributed by atoms with Gasteiger partial charge in [-0.05, 0) is 25.7 Å². The number of nitrogens with zero attached hydrogens (tertiary/aromatic N) is 2. The van der Waals surface area contributed by atoms with E-state index in [0.29, 0.717) is 0 Å². The van der Waals surface area contributed by atoms with Gasteiger partial charge >= 0.3 is 0 Å². The molecule has 0 unspecified atom stereocenters. The van der Waals surface area contributed by atoms with Crippen LogP contribution in [0.15, 0.2) is 0 Å². The smallest absolute Gasteiger partial charge is 0.0836 e. The van der Waals surface area contributed by atoms with Crippen LogP contribution in [0.25, 0.3) is 0 Å². The highest BCUT2D eigenvalue weighted by Crippen LogP contribution is 2.13. The van der Waals surface area contributed by atoms with Gasteiger partial charge in [-0.25, -0.2) is 0 Å². The molecule has 0 saturated carbocycles. The lowest BCUT2D eigenvalue weighted by Crippen LogP contribution is -2.46. The number of hydrogen-bond donors (Lipinski definition) is 0. The van der Waals surface area contributed by atoms with Crippen LogP contribution in [0.5, 0.6) is 0 Å². The molecule has 0 aliphatic heterocycles. The van der Waals surface area contributed by atoms with E-state index in [-0.39, 0.29) is 0 Å². The summed E-state index contributed by atoms with van der Waals surface area (Å²) < 4.78 is 2.43. The Kier molecular flexibility index (Phi) is 20.5. The van der Waals surface area contributed by atoms with Crippen molar-refractivity contribution in [3.63, 3.8) is 0 Å². The molecule has 0 aromatic heterocycles. The molecule has 0 fully saturated rings. The minimum Gasteiger partial charge on any atom is -0.328 e. The highest BCUT2D eigenvalue weighted by Gasteiger charge is 2.19. The van der Waals surface area contributed by atoms with Gasteiger partial charge in [0.1, 0.15) is 0 Å². The standard InChI is InChI=1S/C29H64N2/c1-7-9-11-13-15-17-19-21-23-26-30(3,4)28-25-29-31(5,6)27-24-22-20-18-16-14-12-10-8-2/h7-29H2,1-6H3/q+2. The molecular weight excluding hydrogens is 376 g/mol. The number of quaternary nitrogens is 2. The first-order valence-corrected chi connectivity index (χ1v) is 14.5. The molecule has 0 rings (SSSR count). The van der Waals surface area contributed by atoms with E-state index in [2.05, 4.69) is 42.0 Å². The maximum absolute atomic E-state index is 2.45. The Morgan fingerprint density at radius 3 is 0.806 bits per heavy atom. The zero-order valence-corrected chi connectivity index (χ0v) is 23.2. The van der Waals surface area contributed by atoms with E-state index >= 15 is 0 Å². The maximum Gasteiger partial charge on any atom is 0.0836 e. The van der Waals surface area contributed by atoms with E-state index in [4.69, 9.17) is 0 Å². The summed E-state index contributed by atoms with van der Waals surface area (Å²) in [6.45, 7) is 10.0. The average molecular weight is 441 g/mol. The first kappa shape index (κ1) is 30.9. The molecule has 2 heteroatoms. The third kappa shape index (κ3) is 22.9. The molecule has 0 heterocycles. The maximum atomic E-state index is 2.45. The summed E-state index contributed by atoms with van der Waals surface area (Å²) in [5.74, 6) is 0. The summed E-state index contributed by atoms with van der Waals surface area (Å²) in [6.07, 6.45) is 27.2. The van der Waals surface area contributed by atoms with Crippen LogP contribution in [-0.4, -0.2) is 63.3 Å². The van der Waals surface area contributed by atoms with Gasteiger partial charge in [-0.15, -0.1) is 0 Å². The third-order valence-electron chi connectivity index (χ3n) is 7.26. The second-order valence-corrected chi connectivity index (χ2v) is 11.8. The van der Waals surface area contributed by atoms with Crippen LogP contribution >= 0.6 is 0 Å². The van der Waals surface area contributed by atoms with Gasteiger partial charge < -0.3 is 8.97 Å². The fraction of sp³-hybridized carbons (Fsp3) is 1.00. The molecular formula is C29H64N2+2. The van der Waals surface area contributed by atoms with Crippen LogP contribution in [0.3, 0.4) is 0 Å². The molecule has 0 N–H and O–H groups in total. The van der Waals surface area contributed by atoms with Crippen molar-refractivity contribution < 1.29 is 8.97 Å². The molecule has 188 valence electrons. The van der Waals surface area contributed by atoms with Gasteiger partial charge in [0.15, 0.2) is 0 Å². The predicted molar refractivity (Wildman–Crippen MR) is 143 cm³/mol. The summed E-state index contributed by atoms with van der Waals surface area (Å²) in [5.41, 5.74) is 0. The molecule has 0 radical (unpaired) electrons. The topological polar surface area (TPSA) is 0 Å². The van der Waals surface area contributed by atoms with E-state index in [0.717, 1.165) is 0 Å². The van der Waals surface area contributed by atoms with Crippen LogP contribution in [0, 0.1) is 0 Å². The lowest BCUT2D eigenvalue weighted by Gasteiger charge is -2.33. The van der Waals surface area contributed by atoms with Crippen molar-refractivity contribution in [3.8, 4) is 0 Å². The van der Waals surface area contributed by atoms with Gasteiger partial charge in [0.05, 0.1) is 54.4 Å². The van der Waals surface area contributed by atoms with E-state index < -0.39 is 0 Å². The summed E-state index contributed by atoms with van der Waals surface area (Å²) in [5, 5.41) is 0. The van der Waals surface area contributed by atoms with Crippen molar-refractivity contribution in [2.75, 3.05) is 54.4 Å². The molecule has 0 aromatic carbocycles. The first-order valence-electron chi connectivity index (χ1n) is 14.5. The van der Waals surface area contributed by atoms with Crippen molar-refractivity contribution in [1.82, 2.24) is 0 Å². The fourth-order valence-electron chi connectivity index (χ4n) is 4.85. The van der Waals surface area contributed by atoms with E-state index in [1.54, 1.807) is 0 Å².